The Morgan fingerprint density at radius 2 is 1.92 bits per heavy atom. The van der Waals surface area contributed by atoms with Gasteiger partial charge >= 0.3 is 5.97 Å². The summed E-state index contributed by atoms with van der Waals surface area (Å²) >= 11 is 6.08. The number of aryl methyl sites for hydroxylation is 2. The summed E-state index contributed by atoms with van der Waals surface area (Å²) in [5, 5.41) is 12.0. The smallest absolute Gasteiger partial charge is 0.355 e. The van der Waals surface area contributed by atoms with Crippen LogP contribution in [0.4, 0.5) is 0 Å². The fraction of sp³-hybridized carbons (Fsp3) is 0.308. The van der Waals surface area contributed by atoms with Gasteiger partial charge in [-0.25, -0.2) is 9.78 Å². The number of aromatic amines is 1. The molecule has 0 saturated carbocycles. The number of likely N-dealkylation sites (tertiary alicyclic amines) is 1. The van der Waals surface area contributed by atoms with Gasteiger partial charge in [-0.2, -0.15) is 0 Å². The lowest BCUT2D eigenvalue weighted by Crippen LogP contribution is -2.31. The second-order valence-electron chi connectivity index (χ2n) is 8.54. The number of imidazole rings is 1. The molecule has 0 spiro atoms. The first-order valence-corrected chi connectivity index (χ1v) is 12.0. The van der Waals surface area contributed by atoms with Crippen molar-refractivity contribution in [2.75, 3.05) is 13.2 Å². The summed E-state index contributed by atoms with van der Waals surface area (Å²) in [7, 11) is 0. The van der Waals surface area contributed by atoms with Gasteiger partial charge in [-0.05, 0) is 50.5 Å². The number of aliphatic hydroxyl groups excluding tert-OH is 1. The van der Waals surface area contributed by atoms with E-state index in [0.717, 1.165) is 0 Å². The zero-order valence-corrected chi connectivity index (χ0v) is 21.0. The SMILES string of the molecule is CCOC(=O)c1[nH]c(C)c(/C(O)=C2\C(=O)C(=O)N(CCCn3ccnc3)[C@@H]2c2ccc(Cl)cc2)c1C. The molecule has 0 radical (unpaired) electrons. The van der Waals surface area contributed by atoms with Gasteiger partial charge in [0.2, 0.25) is 0 Å². The minimum atomic E-state index is -0.815. The number of amides is 1. The van der Waals surface area contributed by atoms with Gasteiger partial charge in [0, 0.05) is 41.8 Å². The number of aliphatic hydroxyl groups is 1. The van der Waals surface area contributed by atoms with Gasteiger partial charge < -0.3 is 24.3 Å². The first-order chi connectivity index (χ1) is 17.2. The zero-order chi connectivity index (χ0) is 26.0. The molecule has 1 aliphatic rings. The molecule has 1 aliphatic heterocycles. The number of ether oxygens (including phenoxy) is 1. The molecule has 1 atom stereocenters. The van der Waals surface area contributed by atoms with Crippen molar-refractivity contribution in [1.29, 1.82) is 0 Å². The number of hydrogen-bond acceptors (Lipinski definition) is 6. The topological polar surface area (TPSA) is 118 Å². The number of nitrogens with one attached hydrogen (secondary N) is 1. The standard InChI is InChI=1S/C26H27ClN4O5/c1-4-36-26(35)21-15(2)19(16(3)29-21)23(32)20-22(17-6-8-18(27)9-7-17)31(25(34)24(20)33)12-5-11-30-13-10-28-14-30/h6-10,13-14,22,29,32H,4-5,11-12H2,1-3H3/b23-20+/t22-/m1/s1. The minimum absolute atomic E-state index is 0.0365. The first-order valence-electron chi connectivity index (χ1n) is 11.6. The van der Waals surface area contributed by atoms with Crippen LogP contribution >= 0.6 is 11.6 Å². The van der Waals surface area contributed by atoms with Gasteiger partial charge in [0.15, 0.2) is 0 Å². The molecular weight excluding hydrogens is 484 g/mol. The number of esters is 1. The number of Topliss-reactive ketones (excluding diaryl/α,β-unsaturated/α-hetero) is 1. The molecule has 10 heteroatoms. The van der Waals surface area contributed by atoms with Crippen LogP contribution in [-0.4, -0.2) is 55.4 Å². The molecule has 9 nitrogen and oxygen atoms in total. The van der Waals surface area contributed by atoms with E-state index in [1.54, 1.807) is 57.6 Å². The second kappa shape index (κ2) is 10.4. The molecule has 0 aliphatic carbocycles. The molecule has 1 aromatic carbocycles. The third-order valence-corrected chi connectivity index (χ3v) is 6.51. The van der Waals surface area contributed by atoms with E-state index in [2.05, 4.69) is 9.97 Å². The molecule has 2 N–H and O–H groups in total. The number of ketones is 1. The Morgan fingerprint density at radius 3 is 2.56 bits per heavy atom. The van der Waals surface area contributed by atoms with Gasteiger partial charge in [-0.15, -0.1) is 0 Å². The monoisotopic (exact) mass is 510 g/mol. The number of halogens is 1. The van der Waals surface area contributed by atoms with Crippen molar-refractivity contribution in [3.05, 3.63) is 81.7 Å². The predicted molar refractivity (Wildman–Crippen MR) is 134 cm³/mol. The predicted octanol–water partition coefficient (Wildman–Crippen LogP) is 4.17. The molecule has 1 saturated heterocycles. The van der Waals surface area contributed by atoms with Crippen LogP contribution in [0.2, 0.25) is 5.02 Å². The van der Waals surface area contributed by atoms with Gasteiger partial charge in [0.1, 0.15) is 11.5 Å². The maximum absolute atomic E-state index is 13.3. The summed E-state index contributed by atoms with van der Waals surface area (Å²) in [6.07, 6.45) is 5.75. The van der Waals surface area contributed by atoms with E-state index in [9.17, 15) is 19.5 Å². The van der Waals surface area contributed by atoms with Crippen LogP contribution in [0.25, 0.3) is 5.76 Å². The third kappa shape index (κ3) is 4.66. The summed E-state index contributed by atoms with van der Waals surface area (Å²) < 4.78 is 6.98. The molecule has 4 rings (SSSR count). The normalized spacial score (nSPS) is 17.1. The van der Waals surface area contributed by atoms with Crippen LogP contribution in [0.5, 0.6) is 0 Å². The van der Waals surface area contributed by atoms with E-state index < -0.39 is 23.7 Å². The quantitative estimate of drug-likeness (QED) is 0.203. The largest absolute Gasteiger partial charge is 0.507 e. The number of hydrogen-bond donors (Lipinski definition) is 2. The number of carbonyl (C=O) groups is 3. The molecule has 0 unspecified atom stereocenters. The fourth-order valence-electron chi connectivity index (χ4n) is 4.59. The number of nitrogens with zero attached hydrogens (tertiary/aromatic N) is 3. The van der Waals surface area contributed by atoms with Crippen LogP contribution < -0.4 is 0 Å². The van der Waals surface area contributed by atoms with Crippen molar-refractivity contribution in [3.63, 3.8) is 0 Å². The number of rotatable bonds is 8. The van der Waals surface area contributed by atoms with Crippen molar-refractivity contribution in [2.24, 2.45) is 0 Å². The van der Waals surface area contributed by atoms with Crippen molar-refractivity contribution in [3.8, 4) is 0 Å². The molecule has 188 valence electrons. The molecule has 1 fully saturated rings. The van der Waals surface area contributed by atoms with Gasteiger partial charge in [-0.3, -0.25) is 9.59 Å². The van der Waals surface area contributed by atoms with E-state index in [1.165, 1.54) is 4.90 Å². The van der Waals surface area contributed by atoms with E-state index >= 15 is 0 Å². The molecule has 0 bridgehead atoms. The summed E-state index contributed by atoms with van der Waals surface area (Å²) in [5.74, 6) is -2.38. The lowest BCUT2D eigenvalue weighted by molar-refractivity contribution is -0.139. The van der Waals surface area contributed by atoms with Crippen LogP contribution in [0.3, 0.4) is 0 Å². The maximum atomic E-state index is 13.3. The number of aromatic nitrogens is 3. The lowest BCUT2D eigenvalue weighted by atomic mass is 9.94. The highest BCUT2D eigenvalue weighted by Crippen LogP contribution is 2.41. The molecule has 3 heterocycles. The molecule has 1 amide bonds. The summed E-state index contributed by atoms with van der Waals surface area (Å²) in [6, 6.07) is 6.00. The third-order valence-electron chi connectivity index (χ3n) is 6.25. The van der Waals surface area contributed by atoms with Crippen LogP contribution in [0.1, 0.15) is 52.3 Å². The summed E-state index contributed by atoms with van der Waals surface area (Å²) in [4.78, 5) is 47.3. The maximum Gasteiger partial charge on any atom is 0.355 e. The highest BCUT2D eigenvalue weighted by Gasteiger charge is 2.46. The Morgan fingerprint density at radius 1 is 1.19 bits per heavy atom. The van der Waals surface area contributed by atoms with Crippen molar-refractivity contribution in [1.82, 2.24) is 19.4 Å². The second-order valence-corrected chi connectivity index (χ2v) is 8.98. The van der Waals surface area contributed by atoms with E-state index in [-0.39, 0.29) is 30.2 Å². The van der Waals surface area contributed by atoms with Gasteiger partial charge in [0.25, 0.3) is 11.7 Å². The Kier molecular flexibility index (Phi) is 7.30. The average molecular weight is 511 g/mol. The van der Waals surface area contributed by atoms with Crippen LogP contribution in [0, 0.1) is 13.8 Å². The Bertz CT molecular complexity index is 1330. The van der Waals surface area contributed by atoms with Crippen LogP contribution in [-0.2, 0) is 20.9 Å². The summed E-state index contributed by atoms with van der Waals surface area (Å²) in [6.45, 7) is 6.12. The summed E-state index contributed by atoms with van der Waals surface area (Å²) in [5.41, 5.74) is 2.01. The number of H-pyrrole nitrogens is 1. The van der Waals surface area contributed by atoms with Gasteiger partial charge in [0.05, 0.1) is 24.5 Å². The number of carbonyl (C=O) groups excluding carboxylic acids is 3. The van der Waals surface area contributed by atoms with E-state index in [0.29, 0.717) is 40.4 Å². The molecule has 3 aromatic rings. The molecule has 2 aromatic heterocycles. The Hall–Kier alpha value is -3.85. The lowest BCUT2D eigenvalue weighted by Gasteiger charge is -2.25. The van der Waals surface area contributed by atoms with E-state index in [1.807, 2.05) is 10.8 Å². The average Bonchev–Trinajstić information content (AvgIpc) is 3.53. The first kappa shape index (κ1) is 25.2. The van der Waals surface area contributed by atoms with Crippen LogP contribution in [0.15, 0.2) is 48.6 Å². The molecular formula is C26H27ClN4O5. The van der Waals surface area contributed by atoms with Gasteiger partial charge in [-0.1, -0.05) is 23.7 Å². The highest BCUT2D eigenvalue weighted by atomic mass is 35.5. The fourth-order valence-corrected chi connectivity index (χ4v) is 4.72. The van der Waals surface area contributed by atoms with Crippen molar-refractivity contribution in [2.45, 2.75) is 39.8 Å². The van der Waals surface area contributed by atoms with E-state index in [4.69, 9.17) is 16.3 Å². The zero-order valence-electron chi connectivity index (χ0n) is 20.2. The van der Waals surface area contributed by atoms with Crippen molar-refractivity contribution < 1.29 is 24.2 Å². The highest BCUT2D eigenvalue weighted by molar-refractivity contribution is 6.46. The number of benzene rings is 1. The minimum Gasteiger partial charge on any atom is -0.507 e. The molecule has 36 heavy (non-hydrogen) atoms. The Balaban J connectivity index is 1.78. The van der Waals surface area contributed by atoms with Crippen molar-refractivity contribution >= 4 is 35.0 Å². The Labute approximate surface area is 213 Å².